The first-order chi connectivity index (χ1) is 3.00. The van der Waals surface area contributed by atoms with Gasteiger partial charge >= 0.3 is 0 Å². The molecule has 0 amide bonds. The molecule has 1 rings (SSSR count). The number of rotatable bonds is 0. The normalized spacial score (nSPS) is 6.00. The van der Waals surface area contributed by atoms with Gasteiger partial charge in [0.2, 0.25) is 0 Å². The largest absolute Gasteiger partial charge is 0.344 e. The summed E-state index contributed by atoms with van der Waals surface area (Å²) in [7, 11) is 0. The third-order valence-corrected chi connectivity index (χ3v) is 0.478. The maximum absolute atomic E-state index is 3.72. The Morgan fingerprint density at radius 3 is 1.00 bits per heavy atom. The van der Waals surface area contributed by atoms with Crippen LogP contribution in [0.15, 0.2) is 24.8 Å². The van der Waals surface area contributed by atoms with E-state index in [-0.39, 0.29) is 12.3 Å². The second-order valence-electron chi connectivity index (χ2n) is 0.894. The molecule has 1 aromatic heterocycles. The number of hydrogen-bond acceptors (Lipinski definition) is 4. The second kappa shape index (κ2) is 6.00. The summed E-state index contributed by atoms with van der Waals surface area (Å²) in [6, 6.07) is 0. The van der Waals surface area contributed by atoms with E-state index in [0.29, 0.717) is 0 Å². The Hall–Kier alpha value is -1.00. The molecule has 4 heteroatoms. The van der Waals surface area contributed by atoms with E-state index in [0.717, 1.165) is 0 Å². The van der Waals surface area contributed by atoms with E-state index in [9.17, 15) is 0 Å². The number of aromatic nitrogens is 2. The molecule has 0 aliphatic carbocycles. The van der Waals surface area contributed by atoms with Gasteiger partial charge in [0, 0.05) is 24.8 Å². The second-order valence-corrected chi connectivity index (χ2v) is 0.894. The SMILES string of the molecule is N.N.c1cnccn1. The molecule has 0 unspecified atom stereocenters. The van der Waals surface area contributed by atoms with Gasteiger partial charge in [-0.1, -0.05) is 0 Å². The summed E-state index contributed by atoms with van der Waals surface area (Å²) < 4.78 is 0. The molecule has 46 valence electrons. The highest BCUT2D eigenvalue weighted by molar-refractivity contribution is 4.70. The maximum Gasteiger partial charge on any atom is 0.0451 e. The van der Waals surface area contributed by atoms with E-state index in [1.165, 1.54) is 0 Å². The fourth-order valence-electron chi connectivity index (χ4n) is 0.253. The minimum Gasteiger partial charge on any atom is -0.344 e. The van der Waals surface area contributed by atoms with Crippen LogP contribution in [0.4, 0.5) is 0 Å². The molecule has 0 atom stereocenters. The van der Waals surface area contributed by atoms with Crippen LogP contribution in [0.25, 0.3) is 0 Å². The van der Waals surface area contributed by atoms with Crippen molar-refractivity contribution in [2.24, 2.45) is 0 Å². The zero-order valence-electron chi connectivity index (χ0n) is 4.62. The highest BCUT2D eigenvalue weighted by Crippen LogP contribution is 1.65. The van der Waals surface area contributed by atoms with Crippen LogP contribution in [-0.4, -0.2) is 9.97 Å². The van der Waals surface area contributed by atoms with Gasteiger partial charge in [-0.2, -0.15) is 0 Å². The smallest absolute Gasteiger partial charge is 0.0451 e. The molecule has 6 N–H and O–H groups in total. The van der Waals surface area contributed by atoms with E-state index >= 15 is 0 Å². The van der Waals surface area contributed by atoms with Crippen molar-refractivity contribution in [1.29, 1.82) is 0 Å². The van der Waals surface area contributed by atoms with Crippen molar-refractivity contribution in [3.8, 4) is 0 Å². The third kappa shape index (κ3) is 3.20. The third-order valence-electron chi connectivity index (χ3n) is 0.478. The van der Waals surface area contributed by atoms with Crippen molar-refractivity contribution in [2.45, 2.75) is 0 Å². The lowest BCUT2D eigenvalue weighted by molar-refractivity contribution is 1.20. The lowest BCUT2D eigenvalue weighted by atomic mass is 10.8. The summed E-state index contributed by atoms with van der Waals surface area (Å²) in [5, 5.41) is 0. The van der Waals surface area contributed by atoms with Crippen LogP contribution in [0.5, 0.6) is 0 Å². The highest BCUT2D eigenvalue weighted by atomic mass is 14.7. The van der Waals surface area contributed by atoms with E-state index in [2.05, 4.69) is 9.97 Å². The van der Waals surface area contributed by atoms with E-state index < -0.39 is 0 Å². The lowest BCUT2D eigenvalue weighted by Crippen LogP contribution is -1.66. The van der Waals surface area contributed by atoms with Crippen molar-refractivity contribution in [1.82, 2.24) is 22.3 Å². The average molecular weight is 114 g/mol. The minimum absolute atomic E-state index is 0. The topological polar surface area (TPSA) is 95.8 Å². The standard InChI is InChI=1S/C4H4N2.2H3N/c1-2-6-4-3-5-1;;/h1-4H;2*1H3. The Morgan fingerprint density at radius 1 is 0.625 bits per heavy atom. The molecule has 0 aliphatic rings. The monoisotopic (exact) mass is 114 g/mol. The molecule has 0 spiro atoms. The molecule has 0 fully saturated rings. The van der Waals surface area contributed by atoms with E-state index in [1.807, 2.05) is 0 Å². The van der Waals surface area contributed by atoms with Gasteiger partial charge in [0.1, 0.15) is 0 Å². The Morgan fingerprint density at radius 2 is 0.875 bits per heavy atom. The zero-order valence-corrected chi connectivity index (χ0v) is 4.62. The van der Waals surface area contributed by atoms with Gasteiger partial charge in [-0.05, 0) is 0 Å². The van der Waals surface area contributed by atoms with Crippen LogP contribution in [0.1, 0.15) is 0 Å². The van der Waals surface area contributed by atoms with Crippen LogP contribution in [0.2, 0.25) is 0 Å². The Kier molecular flexibility index (Phi) is 7.56. The van der Waals surface area contributed by atoms with Gasteiger partial charge < -0.3 is 12.3 Å². The van der Waals surface area contributed by atoms with E-state index in [1.54, 1.807) is 24.8 Å². The van der Waals surface area contributed by atoms with E-state index in [4.69, 9.17) is 0 Å². The zero-order chi connectivity index (χ0) is 4.24. The summed E-state index contributed by atoms with van der Waals surface area (Å²) >= 11 is 0. The summed E-state index contributed by atoms with van der Waals surface area (Å²) in [6.07, 6.45) is 6.56. The number of nitrogens with zero attached hydrogens (tertiary/aromatic N) is 2. The van der Waals surface area contributed by atoms with Crippen LogP contribution in [-0.2, 0) is 0 Å². The predicted octanol–water partition coefficient (Wildman–Crippen LogP) is 0.801. The van der Waals surface area contributed by atoms with Crippen LogP contribution >= 0.6 is 0 Å². The fourth-order valence-corrected chi connectivity index (χ4v) is 0.253. The molecule has 0 radical (unpaired) electrons. The lowest BCUT2D eigenvalue weighted by Gasteiger charge is -1.70. The molecule has 1 heterocycles. The molecule has 0 bridgehead atoms. The molecule has 4 nitrogen and oxygen atoms in total. The Bertz CT molecular complexity index is 80.0. The van der Waals surface area contributed by atoms with Gasteiger partial charge in [0.25, 0.3) is 0 Å². The predicted molar refractivity (Wildman–Crippen MR) is 32.1 cm³/mol. The van der Waals surface area contributed by atoms with Crippen molar-refractivity contribution in [3.63, 3.8) is 0 Å². The minimum atomic E-state index is 0. The maximum atomic E-state index is 3.72. The molecular weight excluding hydrogens is 104 g/mol. The van der Waals surface area contributed by atoms with Gasteiger partial charge in [0.05, 0.1) is 0 Å². The summed E-state index contributed by atoms with van der Waals surface area (Å²) in [5.41, 5.74) is 0. The van der Waals surface area contributed by atoms with Crippen LogP contribution < -0.4 is 12.3 Å². The summed E-state index contributed by atoms with van der Waals surface area (Å²) in [4.78, 5) is 7.44. The van der Waals surface area contributed by atoms with Crippen molar-refractivity contribution < 1.29 is 0 Å². The summed E-state index contributed by atoms with van der Waals surface area (Å²) in [5.74, 6) is 0. The highest BCUT2D eigenvalue weighted by Gasteiger charge is 1.59. The molecule has 8 heavy (non-hydrogen) atoms. The van der Waals surface area contributed by atoms with Crippen molar-refractivity contribution in [2.75, 3.05) is 0 Å². The molecule has 0 saturated carbocycles. The first kappa shape index (κ1) is 10.1. The van der Waals surface area contributed by atoms with Gasteiger partial charge in [0.15, 0.2) is 0 Å². The van der Waals surface area contributed by atoms with Gasteiger partial charge in [-0.3, -0.25) is 9.97 Å². The average Bonchev–Trinajstić information content (AvgIpc) is 1.72. The molecule has 1 aromatic rings. The van der Waals surface area contributed by atoms with Gasteiger partial charge in [-0.25, -0.2) is 0 Å². The molecule has 0 aromatic carbocycles. The Balaban J connectivity index is 0. The van der Waals surface area contributed by atoms with Crippen LogP contribution in [0, 0.1) is 0 Å². The van der Waals surface area contributed by atoms with Crippen LogP contribution in [0.3, 0.4) is 0 Å². The van der Waals surface area contributed by atoms with Crippen molar-refractivity contribution in [3.05, 3.63) is 24.8 Å². The molecule has 0 aliphatic heterocycles. The summed E-state index contributed by atoms with van der Waals surface area (Å²) in [6.45, 7) is 0. The molecule has 0 saturated heterocycles. The quantitative estimate of drug-likeness (QED) is 0.521. The fraction of sp³-hybridized carbons (Fsp3) is 0. The Labute approximate surface area is 48.1 Å². The van der Waals surface area contributed by atoms with Crippen molar-refractivity contribution >= 4 is 0 Å². The first-order valence-corrected chi connectivity index (χ1v) is 1.70. The first-order valence-electron chi connectivity index (χ1n) is 1.70. The van der Waals surface area contributed by atoms with Gasteiger partial charge in [-0.15, -0.1) is 0 Å². The molecular formula is C4H10N4. The number of hydrogen-bond donors (Lipinski definition) is 2.